The van der Waals surface area contributed by atoms with E-state index in [9.17, 15) is 14.7 Å². The number of nitrogens with two attached hydrogens (primary N) is 1. The van der Waals surface area contributed by atoms with Gasteiger partial charge in [-0.3, -0.25) is 0 Å². The van der Waals surface area contributed by atoms with E-state index in [0.717, 1.165) is 0 Å². The minimum absolute atomic E-state index is 0.0137. The summed E-state index contributed by atoms with van der Waals surface area (Å²) in [5.74, 6) is 0. The summed E-state index contributed by atoms with van der Waals surface area (Å²) in [6.45, 7) is 10.9. The molecule has 0 aliphatic carbocycles. The maximum absolute atomic E-state index is 13.8. The fourth-order valence-corrected chi connectivity index (χ4v) is 13.0. The molecule has 0 aromatic rings. The molecule has 0 bridgehead atoms. The van der Waals surface area contributed by atoms with Crippen molar-refractivity contribution < 1.29 is 41.8 Å². The molecule has 0 aromatic carbocycles. The smallest absolute Gasteiger partial charge is 0.459 e. The first kappa shape index (κ1) is 24.5. The van der Waals surface area contributed by atoms with Crippen LogP contribution in [-0.4, -0.2) is 44.4 Å². The molecule has 0 radical (unpaired) electrons. The second-order valence-electron chi connectivity index (χ2n) is 10.3. The summed E-state index contributed by atoms with van der Waals surface area (Å²) in [5.41, 5.74) is 5.05. The molecule has 10 nitrogen and oxygen atoms in total. The molecule has 3 aliphatic rings. The van der Waals surface area contributed by atoms with Crippen molar-refractivity contribution in [1.29, 1.82) is 0 Å². The van der Waals surface area contributed by atoms with Gasteiger partial charge in [-0.05, 0) is 0 Å². The van der Waals surface area contributed by atoms with Crippen LogP contribution in [0, 0.1) is 16.2 Å². The lowest BCUT2D eigenvalue weighted by molar-refractivity contribution is -0.267. The van der Waals surface area contributed by atoms with Crippen LogP contribution < -0.4 is 20.4 Å². The maximum atomic E-state index is 13.8. The Morgan fingerprint density at radius 1 is 0.552 bits per heavy atom. The summed E-state index contributed by atoms with van der Waals surface area (Å²) < 4.78 is 30.4. The van der Waals surface area contributed by atoms with Crippen molar-refractivity contribution in [2.45, 2.75) is 46.3 Å². The van der Waals surface area contributed by atoms with Crippen molar-refractivity contribution >= 4 is 23.8 Å². The molecule has 170 valence electrons. The fourth-order valence-electron chi connectivity index (χ4n) is 2.82. The predicted molar refractivity (Wildman–Crippen MR) is 105 cm³/mol. The van der Waals surface area contributed by atoms with E-state index in [4.69, 9.17) is 32.9 Å². The topological polar surface area (TPSA) is 151 Å². The van der Waals surface area contributed by atoms with E-state index >= 15 is 0 Å². The first-order valence-electron chi connectivity index (χ1n) is 9.46. The van der Waals surface area contributed by atoms with Gasteiger partial charge in [-0.1, -0.05) is 41.5 Å². The number of hydrogen-bond acceptors (Lipinski definition) is 10. The molecule has 0 atom stereocenters. The molecule has 0 aromatic heterocycles. The van der Waals surface area contributed by atoms with Gasteiger partial charge in [-0.25, -0.2) is 5.73 Å². The van der Waals surface area contributed by atoms with Crippen molar-refractivity contribution in [1.82, 2.24) is 0 Å². The Morgan fingerprint density at radius 3 is 0.897 bits per heavy atom. The standard InChI is InChI=1S/C16H32NO9P3/c1-13(2)7-21-27(18,22-8-13)16(17,28(19)23-9-14(3,4)10-24-28)29(20)25-11-15(5,6)12-26-29/h7-12,17H2,1-6H3. The van der Waals surface area contributed by atoms with E-state index < -0.39 is 44.8 Å². The molecule has 3 aliphatic heterocycles. The van der Waals surface area contributed by atoms with Crippen molar-refractivity contribution in [2.75, 3.05) is 39.6 Å². The minimum Gasteiger partial charge on any atom is -0.623 e. The Kier molecular flexibility index (Phi) is 6.31. The van der Waals surface area contributed by atoms with Crippen LogP contribution in [0.25, 0.3) is 0 Å². The quantitative estimate of drug-likeness (QED) is 0.589. The largest absolute Gasteiger partial charge is 0.623 e. The van der Waals surface area contributed by atoms with Crippen molar-refractivity contribution in [3.05, 3.63) is 0 Å². The van der Waals surface area contributed by atoms with Gasteiger partial charge in [0.15, 0.2) is 0 Å². The second kappa shape index (κ2) is 7.46. The van der Waals surface area contributed by atoms with Gasteiger partial charge in [0.2, 0.25) is 0 Å². The zero-order chi connectivity index (χ0) is 22.0. The number of hydrogen-bond donors (Lipinski definition) is 1. The Labute approximate surface area is 174 Å². The van der Waals surface area contributed by atoms with E-state index in [1.165, 1.54) is 0 Å². The Hall–Kier alpha value is 0.890. The molecule has 3 rings (SSSR count). The van der Waals surface area contributed by atoms with Crippen LogP contribution in [0.5, 0.6) is 0 Å². The lowest BCUT2D eigenvalue weighted by Crippen LogP contribution is -2.62. The molecule has 2 N–H and O–H groups in total. The van der Waals surface area contributed by atoms with Gasteiger partial charge in [-0.2, -0.15) is 27.1 Å². The lowest BCUT2D eigenvalue weighted by Gasteiger charge is -2.54. The van der Waals surface area contributed by atoms with Crippen molar-refractivity contribution in [3.63, 3.8) is 0 Å². The molecule has 13 heteroatoms. The Bertz CT molecular complexity index is 532. The van der Waals surface area contributed by atoms with Gasteiger partial charge >= 0.3 is 28.6 Å². The molecule has 0 amide bonds. The van der Waals surface area contributed by atoms with Crippen molar-refractivity contribution in [3.8, 4) is 0 Å². The third-order valence-corrected chi connectivity index (χ3v) is 14.6. The van der Waals surface area contributed by atoms with Gasteiger partial charge in [0.25, 0.3) is 0 Å². The van der Waals surface area contributed by atoms with E-state index in [1.54, 1.807) is 0 Å². The second-order valence-corrected chi connectivity index (χ2v) is 18.0. The van der Waals surface area contributed by atoms with Crippen LogP contribution in [0.15, 0.2) is 0 Å². The summed E-state index contributed by atoms with van der Waals surface area (Å²) in [6, 6.07) is 0. The van der Waals surface area contributed by atoms with Crippen LogP contribution in [-0.2, 0) is 27.1 Å². The summed E-state index contributed by atoms with van der Waals surface area (Å²) in [4.78, 5) is 41.5. The third-order valence-electron chi connectivity index (χ3n) is 4.96. The summed E-state index contributed by atoms with van der Waals surface area (Å²) >= 11 is 0. The highest BCUT2D eigenvalue weighted by Crippen LogP contribution is 2.94. The van der Waals surface area contributed by atoms with E-state index in [1.807, 2.05) is 41.5 Å². The lowest BCUT2D eigenvalue weighted by atomic mass is 9.97. The zero-order valence-corrected chi connectivity index (χ0v) is 20.5. The Balaban J connectivity index is 2.02. The van der Waals surface area contributed by atoms with Crippen LogP contribution in [0.1, 0.15) is 41.5 Å². The minimum atomic E-state index is -4.52. The number of rotatable bonds is 3. The first-order chi connectivity index (χ1) is 13.0. The maximum Gasteiger partial charge on any atom is 0.459 e. The molecule has 3 saturated heterocycles. The molecule has 0 spiro atoms. The normalized spacial score (nSPS) is 32.5. The van der Waals surface area contributed by atoms with Crippen LogP contribution >= 0.6 is 23.8 Å². The van der Waals surface area contributed by atoms with Gasteiger partial charge in [-0.15, -0.1) is 0 Å². The molecule has 0 saturated carbocycles. The van der Waals surface area contributed by atoms with Crippen LogP contribution in [0.4, 0.5) is 0 Å². The van der Waals surface area contributed by atoms with Gasteiger partial charge in [0, 0.05) is 16.2 Å². The van der Waals surface area contributed by atoms with Gasteiger partial charge in [0.1, 0.15) is 39.6 Å². The molecule has 3 fully saturated rings. The monoisotopic (exact) mass is 475 g/mol. The zero-order valence-electron chi connectivity index (χ0n) is 17.8. The highest BCUT2D eigenvalue weighted by Gasteiger charge is 2.88. The molecular formula is C16H32NO9P3. The van der Waals surface area contributed by atoms with Crippen LogP contribution in [0.2, 0.25) is 0 Å². The molecular weight excluding hydrogens is 443 g/mol. The highest BCUT2D eigenvalue weighted by atomic mass is 31.3. The predicted octanol–water partition coefficient (Wildman–Crippen LogP) is 1.14. The van der Waals surface area contributed by atoms with Crippen molar-refractivity contribution in [2.24, 2.45) is 22.0 Å². The third kappa shape index (κ3) is 4.28. The SMILES string of the molecule is CC1(C)CO[P+]([O-])(C(N)([P+]2([O-])OCC(C)(C)CO2)[P+]2([O-])OCC(C)(C)CO2)OC1. The molecule has 0 unspecified atom stereocenters. The summed E-state index contributed by atoms with van der Waals surface area (Å²) in [7, 11) is -13.5. The summed E-state index contributed by atoms with van der Waals surface area (Å²) in [6.07, 6.45) is 0. The van der Waals surface area contributed by atoms with Gasteiger partial charge < -0.3 is 14.7 Å². The average Bonchev–Trinajstić information content (AvgIpc) is 2.62. The molecule has 29 heavy (non-hydrogen) atoms. The van der Waals surface area contributed by atoms with E-state index in [-0.39, 0.29) is 39.6 Å². The first-order valence-corrected chi connectivity index (χ1v) is 14.1. The molecule has 3 heterocycles. The van der Waals surface area contributed by atoms with Crippen LogP contribution in [0.3, 0.4) is 0 Å². The highest BCUT2D eigenvalue weighted by molar-refractivity contribution is 7.95. The van der Waals surface area contributed by atoms with E-state index in [2.05, 4.69) is 0 Å². The van der Waals surface area contributed by atoms with E-state index in [0.29, 0.717) is 0 Å². The Morgan fingerprint density at radius 2 is 0.724 bits per heavy atom. The van der Waals surface area contributed by atoms with Gasteiger partial charge in [0.05, 0.1) is 0 Å². The summed E-state index contributed by atoms with van der Waals surface area (Å²) in [5, 5.41) is 0. The average molecular weight is 475 g/mol. The fraction of sp³-hybridized carbons (Fsp3) is 1.00.